The maximum Gasteiger partial charge on any atom is 0.208 e. The van der Waals surface area contributed by atoms with Crippen molar-refractivity contribution in [1.29, 1.82) is 0 Å². The Kier molecular flexibility index (Phi) is 2.92. The summed E-state index contributed by atoms with van der Waals surface area (Å²) >= 11 is 0. The summed E-state index contributed by atoms with van der Waals surface area (Å²) in [7, 11) is 0. The van der Waals surface area contributed by atoms with Crippen molar-refractivity contribution in [2.45, 2.75) is 18.9 Å². The molecule has 0 unspecified atom stereocenters. The zero-order chi connectivity index (χ0) is 18.0. The van der Waals surface area contributed by atoms with Gasteiger partial charge in [0.1, 0.15) is 5.78 Å². The molecule has 0 bridgehead atoms. The average Bonchev–Trinajstić information content (AvgIpc) is 3.28. The molecule has 27 heavy (non-hydrogen) atoms. The predicted octanol–water partition coefficient (Wildman–Crippen LogP) is 4.40. The number of hydrogen-bond donors (Lipinski definition) is 2. The SMILES string of the molecule is O=C1CCC=C2Nc3nc4ccccc4n3[C@@H](c3c[nH]c4ccccc34)[C@H]12. The minimum atomic E-state index is -0.205. The Morgan fingerprint density at radius 1 is 1.07 bits per heavy atom. The lowest BCUT2D eigenvalue weighted by Crippen LogP contribution is -2.38. The maximum atomic E-state index is 13.0. The number of hydrogen-bond acceptors (Lipinski definition) is 3. The smallest absolute Gasteiger partial charge is 0.208 e. The van der Waals surface area contributed by atoms with Crippen LogP contribution in [0.5, 0.6) is 0 Å². The molecule has 132 valence electrons. The van der Waals surface area contributed by atoms with E-state index < -0.39 is 0 Å². The summed E-state index contributed by atoms with van der Waals surface area (Å²) in [5, 5.41) is 4.60. The summed E-state index contributed by atoms with van der Waals surface area (Å²) in [6.07, 6.45) is 5.60. The van der Waals surface area contributed by atoms with Crippen LogP contribution in [0, 0.1) is 5.92 Å². The highest BCUT2D eigenvalue weighted by Gasteiger charge is 2.42. The monoisotopic (exact) mass is 354 g/mol. The normalized spacial score (nSPS) is 21.6. The third-order valence-electron chi connectivity index (χ3n) is 5.82. The molecular weight excluding hydrogens is 336 g/mol. The number of carbonyl (C=O) groups is 1. The van der Waals surface area contributed by atoms with Gasteiger partial charge in [-0.05, 0) is 24.6 Å². The van der Waals surface area contributed by atoms with E-state index in [-0.39, 0.29) is 12.0 Å². The van der Waals surface area contributed by atoms with E-state index in [1.54, 1.807) is 0 Å². The molecule has 2 aromatic carbocycles. The molecule has 0 saturated carbocycles. The van der Waals surface area contributed by atoms with E-state index in [0.717, 1.165) is 45.6 Å². The maximum absolute atomic E-state index is 13.0. The molecule has 0 fully saturated rings. The van der Waals surface area contributed by atoms with Crippen LogP contribution in [0.2, 0.25) is 0 Å². The van der Waals surface area contributed by atoms with Crippen LogP contribution in [0.4, 0.5) is 5.95 Å². The average molecular weight is 354 g/mol. The van der Waals surface area contributed by atoms with Gasteiger partial charge in [-0.15, -0.1) is 0 Å². The van der Waals surface area contributed by atoms with Gasteiger partial charge in [0.25, 0.3) is 0 Å². The van der Waals surface area contributed by atoms with Gasteiger partial charge in [0.2, 0.25) is 5.95 Å². The highest BCUT2D eigenvalue weighted by atomic mass is 16.1. The minimum absolute atomic E-state index is 0.108. The van der Waals surface area contributed by atoms with Gasteiger partial charge in [0.05, 0.1) is 23.0 Å². The van der Waals surface area contributed by atoms with Crippen LogP contribution < -0.4 is 5.32 Å². The van der Waals surface area contributed by atoms with Gasteiger partial charge >= 0.3 is 0 Å². The molecule has 2 N–H and O–H groups in total. The van der Waals surface area contributed by atoms with Crippen LogP contribution in [0.1, 0.15) is 24.4 Å². The number of imidazole rings is 1. The molecule has 3 heterocycles. The van der Waals surface area contributed by atoms with Crippen molar-refractivity contribution in [3.8, 4) is 0 Å². The number of carbonyl (C=O) groups excluding carboxylic acids is 1. The first-order chi connectivity index (χ1) is 13.3. The fourth-order valence-corrected chi connectivity index (χ4v) is 4.65. The molecule has 5 nitrogen and oxygen atoms in total. The van der Waals surface area contributed by atoms with Crippen molar-refractivity contribution in [1.82, 2.24) is 14.5 Å². The molecule has 0 spiro atoms. The molecule has 0 radical (unpaired) electrons. The number of anilines is 1. The van der Waals surface area contributed by atoms with Crippen LogP contribution >= 0.6 is 0 Å². The number of aromatic amines is 1. The van der Waals surface area contributed by atoms with Crippen LogP contribution in [-0.2, 0) is 4.79 Å². The van der Waals surface area contributed by atoms with E-state index in [2.05, 4.69) is 45.3 Å². The lowest BCUT2D eigenvalue weighted by atomic mass is 9.80. The largest absolute Gasteiger partial charge is 0.361 e. The summed E-state index contributed by atoms with van der Waals surface area (Å²) in [6, 6.07) is 16.3. The number of allylic oxidation sites excluding steroid dienone is 2. The van der Waals surface area contributed by atoms with Gasteiger partial charge in [-0.2, -0.15) is 0 Å². The first-order valence-corrected chi connectivity index (χ1v) is 9.34. The number of rotatable bonds is 1. The van der Waals surface area contributed by atoms with Gasteiger partial charge in [0.15, 0.2) is 0 Å². The Morgan fingerprint density at radius 3 is 2.89 bits per heavy atom. The van der Waals surface area contributed by atoms with Crippen molar-refractivity contribution >= 4 is 33.7 Å². The molecule has 2 atom stereocenters. The summed E-state index contributed by atoms with van der Waals surface area (Å²) in [5.41, 5.74) is 5.21. The number of benzene rings is 2. The molecule has 1 aliphatic heterocycles. The van der Waals surface area contributed by atoms with Crippen LogP contribution in [0.25, 0.3) is 21.9 Å². The number of H-pyrrole nitrogens is 1. The molecule has 0 amide bonds. The van der Waals surface area contributed by atoms with Gasteiger partial charge < -0.3 is 14.9 Å². The molecule has 5 heteroatoms. The number of aromatic nitrogens is 3. The van der Waals surface area contributed by atoms with Gasteiger partial charge in [-0.25, -0.2) is 4.98 Å². The molecule has 2 aliphatic rings. The molecule has 0 saturated heterocycles. The molecule has 4 aromatic rings. The second-order valence-electron chi connectivity index (χ2n) is 7.30. The van der Waals surface area contributed by atoms with Crippen LogP contribution in [-0.4, -0.2) is 20.3 Å². The predicted molar refractivity (Wildman–Crippen MR) is 106 cm³/mol. The van der Waals surface area contributed by atoms with E-state index >= 15 is 0 Å². The van der Waals surface area contributed by atoms with Crippen molar-refractivity contribution in [2.24, 2.45) is 5.92 Å². The molecular formula is C22H18N4O. The number of para-hydroxylation sites is 3. The fourth-order valence-electron chi connectivity index (χ4n) is 4.65. The quantitative estimate of drug-likeness (QED) is 0.533. The Balaban J connectivity index is 1.70. The number of fused-ring (bicyclic) bond motifs is 5. The zero-order valence-electron chi connectivity index (χ0n) is 14.6. The fraction of sp³-hybridized carbons (Fsp3) is 0.182. The summed E-state index contributed by atoms with van der Waals surface area (Å²) in [5.74, 6) is 0.894. The minimum Gasteiger partial charge on any atom is -0.361 e. The van der Waals surface area contributed by atoms with E-state index in [1.165, 1.54) is 0 Å². The number of nitrogens with zero attached hydrogens (tertiary/aromatic N) is 2. The topological polar surface area (TPSA) is 62.7 Å². The van der Waals surface area contributed by atoms with Gasteiger partial charge in [-0.1, -0.05) is 36.4 Å². The third kappa shape index (κ3) is 1.99. The zero-order valence-corrected chi connectivity index (χ0v) is 14.6. The van der Waals surface area contributed by atoms with Gasteiger partial charge in [0, 0.05) is 34.8 Å². The first-order valence-electron chi connectivity index (χ1n) is 9.34. The number of Topliss-reactive ketones (excluding diaryl/α,β-unsaturated/α-hetero) is 1. The lowest BCUT2D eigenvalue weighted by Gasteiger charge is -2.37. The number of nitrogens with one attached hydrogen (secondary N) is 2. The molecule has 2 aromatic heterocycles. The Labute approximate surface area is 155 Å². The molecule has 6 rings (SSSR count). The Hall–Kier alpha value is -3.34. The summed E-state index contributed by atoms with van der Waals surface area (Å²) in [6.45, 7) is 0. The number of ketones is 1. The van der Waals surface area contributed by atoms with Crippen molar-refractivity contribution in [2.75, 3.05) is 5.32 Å². The van der Waals surface area contributed by atoms with Crippen LogP contribution in [0.3, 0.4) is 0 Å². The second-order valence-corrected chi connectivity index (χ2v) is 7.30. The highest BCUT2D eigenvalue weighted by Crippen LogP contribution is 2.45. The van der Waals surface area contributed by atoms with Crippen LogP contribution in [0.15, 0.2) is 66.5 Å². The van der Waals surface area contributed by atoms with Crippen molar-refractivity contribution < 1.29 is 4.79 Å². The third-order valence-corrected chi connectivity index (χ3v) is 5.82. The van der Waals surface area contributed by atoms with E-state index in [9.17, 15) is 4.79 Å². The molecule has 1 aliphatic carbocycles. The first kappa shape index (κ1) is 14.8. The van der Waals surface area contributed by atoms with Gasteiger partial charge in [-0.3, -0.25) is 4.79 Å². The lowest BCUT2D eigenvalue weighted by molar-refractivity contribution is -0.123. The van der Waals surface area contributed by atoms with Crippen molar-refractivity contribution in [3.63, 3.8) is 0 Å². The van der Waals surface area contributed by atoms with Crippen molar-refractivity contribution in [3.05, 3.63) is 72.1 Å². The summed E-state index contributed by atoms with van der Waals surface area (Å²) < 4.78 is 2.20. The highest BCUT2D eigenvalue weighted by molar-refractivity contribution is 5.92. The van der Waals surface area contributed by atoms with E-state index in [1.807, 2.05) is 30.3 Å². The Bertz CT molecular complexity index is 1250. The van der Waals surface area contributed by atoms with E-state index in [4.69, 9.17) is 4.98 Å². The van der Waals surface area contributed by atoms with E-state index in [0.29, 0.717) is 12.2 Å². The Morgan fingerprint density at radius 2 is 1.93 bits per heavy atom. The summed E-state index contributed by atoms with van der Waals surface area (Å²) in [4.78, 5) is 21.2. The standard InChI is InChI=1S/C22H18N4O/c27-19-11-5-9-17-20(19)21(14-12-23-15-7-2-1-6-13(14)15)26-18-10-4-3-8-16(18)24-22(26)25-17/h1-4,6-10,12,20-21,23H,5,11H2,(H,24,25)/t20-,21-/m0/s1. The second kappa shape index (κ2) is 5.33.